The number of carbonyl (C=O) groups is 2. The number of amides is 2. The first-order valence-electron chi connectivity index (χ1n) is 5.80. The monoisotopic (exact) mass is 294 g/mol. The van der Waals surface area contributed by atoms with Gasteiger partial charge in [0.1, 0.15) is 15.4 Å². The Labute approximate surface area is 111 Å². The van der Waals surface area contributed by atoms with Gasteiger partial charge in [0.15, 0.2) is 0 Å². The van der Waals surface area contributed by atoms with Gasteiger partial charge in [-0.2, -0.15) is 0 Å². The third-order valence-electron chi connectivity index (χ3n) is 2.87. The van der Waals surface area contributed by atoms with Crippen molar-refractivity contribution in [3.05, 3.63) is 0 Å². The lowest BCUT2D eigenvalue weighted by molar-refractivity contribution is -0.148. The molecule has 0 aromatic rings. The van der Waals surface area contributed by atoms with Crippen LogP contribution in [0.5, 0.6) is 0 Å². The highest BCUT2D eigenvalue weighted by Crippen LogP contribution is 2.20. The number of sulfone groups is 1. The standard InChI is InChI=1S/C10H18N2O6S/c1-19(16,17)7-4-11-9(15)12-10(8(13)14)2-5-18-6-3-10/h2-7H2,1H3,(H,13,14)(H2,11,12,15). The molecule has 1 aliphatic heterocycles. The Morgan fingerprint density at radius 1 is 1.32 bits per heavy atom. The van der Waals surface area contributed by atoms with Crippen molar-refractivity contribution in [1.82, 2.24) is 10.6 Å². The number of hydrogen-bond donors (Lipinski definition) is 3. The highest BCUT2D eigenvalue weighted by Gasteiger charge is 2.41. The van der Waals surface area contributed by atoms with E-state index in [0.29, 0.717) is 0 Å². The van der Waals surface area contributed by atoms with E-state index in [4.69, 9.17) is 4.74 Å². The number of nitrogens with one attached hydrogen (secondary N) is 2. The van der Waals surface area contributed by atoms with Crippen LogP contribution >= 0.6 is 0 Å². The van der Waals surface area contributed by atoms with E-state index in [1.807, 2.05) is 0 Å². The summed E-state index contributed by atoms with van der Waals surface area (Å²) >= 11 is 0. The molecular formula is C10H18N2O6S. The summed E-state index contributed by atoms with van der Waals surface area (Å²) in [6, 6.07) is -0.687. The first kappa shape index (κ1) is 15.7. The summed E-state index contributed by atoms with van der Waals surface area (Å²) in [5.74, 6) is -1.31. The fraction of sp³-hybridized carbons (Fsp3) is 0.800. The Balaban J connectivity index is 2.51. The van der Waals surface area contributed by atoms with Crippen molar-refractivity contribution in [1.29, 1.82) is 0 Å². The van der Waals surface area contributed by atoms with Crippen molar-refractivity contribution in [2.24, 2.45) is 0 Å². The molecule has 1 saturated heterocycles. The fourth-order valence-electron chi connectivity index (χ4n) is 1.72. The molecule has 0 radical (unpaired) electrons. The number of carboxylic acid groups (broad SMARTS) is 1. The van der Waals surface area contributed by atoms with Gasteiger partial charge in [0, 0.05) is 38.9 Å². The fourth-order valence-corrected chi connectivity index (χ4v) is 2.20. The minimum Gasteiger partial charge on any atom is -0.480 e. The Kier molecular flexibility index (Phi) is 5.12. The van der Waals surface area contributed by atoms with Gasteiger partial charge >= 0.3 is 12.0 Å². The molecule has 0 aliphatic carbocycles. The van der Waals surface area contributed by atoms with Gasteiger partial charge in [0.05, 0.1) is 5.75 Å². The molecule has 2 amide bonds. The van der Waals surface area contributed by atoms with Crippen LogP contribution in [0.25, 0.3) is 0 Å². The highest BCUT2D eigenvalue weighted by molar-refractivity contribution is 7.90. The van der Waals surface area contributed by atoms with E-state index < -0.39 is 27.4 Å². The predicted octanol–water partition coefficient (Wildman–Crippen LogP) is -1.04. The quantitative estimate of drug-likeness (QED) is 0.595. The summed E-state index contributed by atoms with van der Waals surface area (Å²) in [6.07, 6.45) is 1.42. The largest absolute Gasteiger partial charge is 0.480 e. The summed E-state index contributed by atoms with van der Waals surface area (Å²) in [5, 5.41) is 13.9. The summed E-state index contributed by atoms with van der Waals surface area (Å²) in [5.41, 5.74) is -1.34. The summed E-state index contributed by atoms with van der Waals surface area (Å²) in [7, 11) is -3.16. The maximum atomic E-state index is 11.6. The van der Waals surface area contributed by atoms with E-state index in [0.717, 1.165) is 6.26 Å². The molecule has 9 heteroatoms. The summed E-state index contributed by atoms with van der Waals surface area (Å²) in [6.45, 7) is 0.461. The molecule has 1 heterocycles. The lowest BCUT2D eigenvalue weighted by atomic mass is 9.90. The van der Waals surface area contributed by atoms with Crippen LogP contribution in [0.4, 0.5) is 4.79 Å². The molecule has 19 heavy (non-hydrogen) atoms. The van der Waals surface area contributed by atoms with Gasteiger partial charge in [-0.05, 0) is 0 Å². The Morgan fingerprint density at radius 2 is 1.89 bits per heavy atom. The zero-order chi connectivity index (χ0) is 14.5. The number of aliphatic carboxylic acids is 1. The van der Waals surface area contributed by atoms with Crippen molar-refractivity contribution in [2.45, 2.75) is 18.4 Å². The van der Waals surface area contributed by atoms with Crippen LogP contribution in [0.15, 0.2) is 0 Å². The second-order valence-corrected chi connectivity index (χ2v) is 6.77. The molecule has 1 aliphatic rings. The molecule has 110 valence electrons. The minimum absolute atomic E-state index is 0.0587. The number of carboxylic acids is 1. The number of rotatable bonds is 5. The molecule has 0 bridgehead atoms. The average molecular weight is 294 g/mol. The van der Waals surface area contributed by atoms with Crippen LogP contribution in [-0.2, 0) is 19.4 Å². The molecule has 0 atom stereocenters. The first-order valence-corrected chi connectivity index (χ1v) is 7.86. The van der Waals surface area contributed by atoms with E-state index in [2.05, 4.69) is 10.6 Å². The zero-order valence-electron chi connectivity index (χ0n) is 10.6. The van der Waals surface area contributed by atoms with Gasteiger partial charge in [0.2, 0.25) is 0 Å². The van der Waals surface area contributed by atoms with Crippen LogP contribution < -0.4 is 10.6 Å². The molecule has 1 fully saturated rings. The Bertz CT molecular complexity index is 441. The van der Waals surface area contributed by atoms with Gasteiger partial charge in [0.25, 0.3) is 0 Å². The second-order valence-electron chi connectivity index (χ2n) is 4.51. The average Bonchev–Trinajstić information content (AvgIpc) is 2.28. The summed E-state index contributed by atoms with van der Waals surface area (Å²) < 4.78 is 26.9. The van der Waals surface area contributed by atoms with Gasteiger partial charge in [-0.25, -0.2) is 18.0 Å². The topological polar surface area (TPSA) is 122 Å². The van der Waals surface area contributed by atoms with Crippen molar-refractivity contribution in [3.8, 4) is 0 Å². The number of carbonyl (C=O) groups excluding carboxylic acids is 1. The molecule has 0 spiro atoms. The normalized spacial score (nSPS) is 18.6. The van der Waals surface area contributed by atoms with Gasteiger partial charge < -0.3 is 20.5 Å². The maximum absolute atomic E-state index is 11.6. The number of ether oxygens (including phenoxy) is 1. The maximum Gasteiger partial charge on any atom is 0.329 e. The van der Waals surface area contributed by atoms with E-state index in [9.17, 15) is 23.1 Å². The van der Waals surface area contributed by atoms with Crippen molar-refractivity contribution >= 4 is 21.8 Å². The Morgan fingerprint density at radius 3 is 2.37 bits per heavy atom. The van der Waals surface area contributed by atoms with Crippen molar-refractivity contribution < 1.29 is 27.9 Å². The SMILES string of the molecule is CS(=O)(=O)CCNC(=O)NC1(C(=O)O)CCOCC1. The van der Waals surface area contributed by atoms with Crippen LogP contribution in [0.2, 0.25) is 0 Å². The van der Waals surface area contributed by atoms with E-state index >= 15 is 0 Å². The lowest BCUT2D eigenvalue weighted by Crippen LogP contribution is -2.59. The molecule has 0 unspecified atom stereocenters. The van der Waals surface area contributed by atoms with Gasteiger partial charge in [-0.1, -0.05) is 0 Å². The highest BCUT2D eigenvalue weighted by atomic mass is 32.2. The molecule has 0 aromatic heterocycles. The molecule has 1 rings (SSSR count). The molecule has 8 nitrogen and oxygen atoms in total. The molecule has 0 saturated carbocycles. The smallest absolute Gasteiger partial charge is 0.329 e. The summed E-state index contributed by atoms with van der Waals surface area (Å²) in [4.78, 5) is 22.8. The number of hydrogen-bond acceptors (Lipinski definition) is 5. The van der Waals surface area contributed by atoms with Crippen LogP contribution in [0.3, 0.4) is 0 Å². The van der Waals surface area contributed by atoms with E-state index in [-0.39, 0.29) is 38.4 Å². The van der Waals surface area contributed by atoms with Gasteiger partial charge in [-0.15, -0.1) is 0 Å². The van der Waals surface area contributed by atoms with Crippen molar-refractivity contribution in [2.75, 3.05) is 31.8 Å². The third-order valence-corrected chi connectivity index (χ3v) is 3.81. The Hall–Kier alpha value is -1.35. The third kappa shape index (κ3) is 5.03. The second kappa shape index (κ2) is 6.20. The molecule has 0 aromatic carbocycles. The minimum atomic E-state index is -3.16. The van der Waals surface area contributed by atoms with Gasteiger partial charge in [-0.3, -0.25) is 0 Å². The lowest BCUT2D eigenvalue weighted by Gasteiger charge is -2.33. The number of urea groups is 1. The predicted molar refractivity (Wildman–Crippen MR) is 66.7 cm³/mol. The van der Waals surface area contributed by atoms with Crippen molar-refractivity contribution in [3.63, 3.8) is 0 Å². The first-order chi connectivity index (χ1) is 8.75. The van der Waals surface area contributed by atoms with Crippen LogP contribution in [-0.4, -0.2) is 62.8 Å². The zero-order valence-corrected chi connectivity index (χ0v) is 11.5. The van der Waals surface area contributed by atoms with Crippen LogP contribution in [0.1, 0.15) is 12.8 Å². The van der Waals surface area contributed by atoms with E-state index in [1.54, 1.807) is 0 Å². The van der Waals surface area contributed by atoms with Crippen LogP contribution in [0, 0.1) is 0 Å². The molecular weight excluding hydrogens is 276 g/mol. The molecule has 3 N–H and O–H groups in total. The van der Waals surface area contributed by atoms with E-state index in [1.165, 1.54) is 0 Å².